The molecule has 0 aliphatic carbocycles. The van der Waals surface area contributed by atoms with Gasteiger partial charge in [-0.2, -0.15) is 0 Å². The number of rotatable bonds is 5. The van der Waals surface area contributed by atoms with Crippen LogP contribution < -0.4 is 5.32 Å². The number of halogens is 1. The van der Waals surface area contributed by atoms with Crippen molar-refractivity contribution in [3.63, 3.8) is 0 Å². The molecule has 0 atom stereocenters. The SMILES string of the molecule is O=C(CSc1ccc(-c2ccc(F)cc2)nn1)Nc1ccco1. The van der Waals surface area contributed by atoms with Gasteiger partial charge in [-0.1, -0.05) is 11.8 Å². The normalized spacial score (nSPS) is 10.5. The lowest BCUT2D eigenvalue weighted by Crippen LogP contribution is -2.13. The Labute approximate surface area is 135 Å². The summed E-state index contributed by atoms with van der Waals surface area (Å²) < 4.78 is 17.9. The standard InChI is InChI=1S/C16H12FN3O2S/c17-12-5-3-11(4-6-12)13-7-8-16(20-19-13)23-10-14(21)18-15-2-1-9-22-15/h1-9H,10H2,(H,18,21). The van der Waals surface area contributed by atoms with E-state index < -0.39 is 0 Å². The number of hydrogen-bond donors (Lipinski definition) is 1. The highest BCUT2D eigenvalue weighted by Crippen LogP contribution is 2.20. The van der Waals surface area contributed by atoms with E-state index in [0.717, 1.165) is 5.56 Å². The summed E-state index contributed by atoms with van der Waals surface area (Å²) in [5.41, 5.74) is 1.43. The Kier molecular flexibility index (Phi) is 4.68. The van der Waals surface area contributed by atoms with Gasteiger partial charge in [-0.05, 0) is 42.5 Å². The minimum Gasteiger partial charge on any atom is -0.449 e. The van der Waals surface area contributed by atoms with Crippen LogP contribution in [0.1, 0.15) is 0 Å². The van der Waals surface area contributed by atoms with Crippen molar-refractivity contribution in [2.75, 3.05) is 11.1 Å². The van der Waals surface area contributed by atoms with Gasteiger partial charge in [-0.15, -0.1) is 10.2 Å². The van der Waals surface area contributed by atoms with Crippen molar-refractivity contribution in [2.24, 2.45) is 0 Å². The van der Waals surface area contributed by atoms with E-state index in [1.54, 1.807) is 36.4 Å². The van der Waals surface area contributed by atoms with Crippen LogP contribution in [0.25, 0.3) is 11.3 Å². The molecule has 1 aromatic carbocycles. The highest BCUT2D eigenvalue weighted by molar-refractivity contribution is 7.99. The second kappa shape index (κ2) is 7.06. The van der Waals surface area contributed by atoms with Crippen LogP contribution in [-0.4, -0.2) is 21.9 Å². The van der Waals surface area contributed by atoms with Gasteiger partial charge in [0.25, 0.3) is 0 Å². The number of nitrogens with one attached hydrogen (secondary N) is 1. The van der Waals surface area contributed by atoms with Gasteiger partial charge in [0.2, 0.25) is 5.91 Å². The molecule has 0 spiro atoms. The summed E-state index contributed by atoms with van der Waals surface area (Å²) in [5.74, 6) is 0.129. The summed E-state index contributed by atoms with van der Waals surface area (Å²) in [4.78, 5) is 11.7. The maximum atomic E-state index is 12.9. The van der Waals surface area contributed by atoms with Crippen LogP contribution in [-0.2, 0) is 4.79 Å². The van der Waals surface area contributed by atoms with Crippen molar-refractivity contribution < 1.29 is 13.6 Å². The van der Waals surface area contributed by atoms with E-state index in [9.17, 15) is 9.18 Å². The van der Waals surface area contributed by atoms with Gasteiger partial charge >= 0.3 is 0 Å². The number of nitrogens with zero attached hydrogens (tertiary/aromatic N) is 2. The third-order valence-electron chi connectivity index (χ3n) is 2.92. The molecule has 23 heavy (non-hydrogen) atoms. The molecule has 0 saturated carbocycles. The minimum atomic E-state index is -0.295. The van der Waals surface area contributed by atoms with E-state index in [1.165, 1.54) is 30.2 Å². The molecule has 3 rings (SSSR count). The number of hydrogen-bond acceptors (Lipinski definition) is 5. The summed E-state index contributed by atoms with van der Waals surface area (Å²) >= 11 is 1.27. The van der Waals surface area contributed by atoms with Crippen molar-refractivity contribution in [3.8, 4) is 11.3 Å². The molecule has 0 radical (unpaired) electrons. The van der Waals surface area contributed by atoms with Crippen LogP contribution in [0.3, 0.4) is 0 Å². The highest BCUT2D eigenvalue weighted by Gasteiger charge is 2.07. The number of amides is 1. The first kappa shape index (κ1) is 15.2. The van der Waals surface area contributed by atoms with Crippen LogP contribution in [0.4, 0.5) is 10.3 Å². The quantitative estimate of drug-likeness (QED) is 0.724. The van der Waals surface area contributed by atoms with Crippen LogP contribution in [0.2, 0.25) is 0 Å². The second-order valence-electron chi connectivity index (χ2n) is 4.58. The predicted molar refractivity (Wildman–Crippen MR) is 85.5 cm³/mol. The fraction of sp³-hybridized carbons (Fsp3) is 0.0625. The van der Waals surface area contributed by atoms with E-state index in [4.69, 9.17) is 4.42 Å². The summed E-state index contributed by atoms with van der Waals surface area (Å²) in [6.45, 7) is 0. The Morgan fingerprint density at radius 2 is 1.96 bits per heavy atom. The van der Waals surface area contributed by atoms with Crippen LogP contribution in [0.5, 0.6) is 0 Å². The second-order valence-corrected chi connectivity index (χ2v) is 5.57. The van der Waals surface area contributed by atoms with Crippen LogP contribution >= 0.6 is 11.8 Å². The minimum absolute atomic E-state index is 0.186. The summed E-state index contributed by atoms with van der Waals surface area (Å²) in [7, 11) is 0. The van der Waals surface area contributed by atoms with Gasteiger partial charge in [-0.3, -0.25) is 10.1 Å². The van der Waals surface area contributed by atoms with Crippen molar-refractivity contribution >= 4 is 23.6 Å². The maximum Gasteiger partial charge on any atom is 0.237 e. The van der Waals surface area contributed by atoms with Gasteiger partial charge in [0.05, 0.1) is 17.7 Å². The summed E-state index contributed by atoms with van der Waals surface area (Å²) in [6.07, 6.45) is 1.49. The van der Waals surface area contributed by atoms with E-state index in [0.29, 0.717) is 16.6 Å². The number of carbonyl (C=O) groups excluding carboxylic acids is 1. The van der Waals surface area contributed by atoms with Gasteiger partial charge < -0.3 is 4.42 Å². The van der Waals surface area contributed by atoms with Gasteiger partial charge in [0.1, 0.15) is 10.8 Å². The molecular formula is C16H12FN3O2S. The molecule has 0 aliphatic rings. The molecule has 0 bridgehead atoms. The zero-order valence-corrected chi connectivity index (χ0v) is 12.7. The van der Waals surface area contributed by atoms with Crippen molar-refractivity contribution in [3.05, 3.63) is 60.6 Å². The summed E-state index contributed by atoms with van der Waals surface area (Å²) in [5, 5.41) is 11.4. The largest absolute Gasteiger partial charge is 0.449 e. The molecule has 0 saturated heterocycles. The molecule has 5 nitrogen and oxygen atoms in total. The number of furan rings is 1. The Balaban J connectivity index is 1.57. The zero-order chi connectivity index (χ0) is 16.1. The van der Waals surface area contributed by atoms with Crippen molar-refractivity contribution in [1.29, 1.82) is 0 Å². The van der Waals surface area contributed by atoms with Gasteiger partial charge in [-0.25, -0.2) is 4.39 Å². The van der Waals surface area contributed by atoms with E-state index in [-0.39, 0.29) is 17.5 Å². The van der Waals surface area contributed by atoms with Gasteiger partial charge in [0, 0.05) is 11.6 Å². The number of thioether (sulfide) groups is 1. The highest BCUT2D eigenvalue weighted by atomic mass is 32.2. The van der Waals surface area contributed by atoms with Crippen LogP contribution in [0, 0.1) is 5.82 Å². The fourth-order valence-corrected chi connectivity index (χ4v) is 2.45. The molecule has 2 aromatic heterocycles. The molecule has 3 aromatic rings. The molecule has 1 N–H and O–H groups in total. The molecular weight excluding hydrogens is 317 g/mol. The average Bonchev–Trinajstić information content (AvgIpc) is 3.07. The first-order valence-corrected chi connectivity index (χ1v) is 7.75. The molecule has 1 amide bonds. The third-order valence-corrected chi connectivity index (χ3v) is 3.84. The topological polar surface area (TPSA) is 68.0 Å². The first-order chi connectivity index (χ1) is 11.2. The lowest BCUT2D eigenvalue weighted by Gasteiger charge is -2.03. The Morgan fingerprint density at radius 3 is 2.61 bits per heavy atom. The molecule has 2 heterocycles. The Morgan fingerprint density at radius 1 is 1.13 bits per heavy atom. The molecule has 116 valence electrons. The van der Waals surface area contributed by atoms with Crippen molar-refractivity contribution in [1.82, 2.24) is 10.2 Å². The molecule has 0 fully saturated rings. The zero-order valence-electron chi connectivity index (χ0n) is 11.9. The van der Waals surface area contributed by atoms with Crippen molar-refractivity contribution in [2.45, 2.75) is 5.03 Å². The molecule has 0 unspecified atom stereocenters. The van der Waals surface area contributed by atoms with Crippen LogP contribution in [0.15, 0.2) is 64.2 Å². The molecule has 7 heteroatoms. The lowest BCUT2D eigenvalue weighted by molar-refractivity contribution is -0.113. The average molecular weight is 329 g/mol. The predicted octanol–water partition coefficient (Wildman–Crippen LogP) is 3.61. The number of carbonyl (C=O) groups is 1. The summed E-state index contributed by atoms with van der Waals surface area (Å²) in [6, 6.07) is 13.0. The molecule has 0 aliphatic heterocycles. The Bertz CT molecular complexity index is 774. The maximum absolute atomic E-state index is 12.9. The third kappa shape index (κ3) is 4.17. The number of aromatic nitrogens is 2. The lowest BCUT2D eigenvalue weighted by atomic mass is 10.1. The monoisotopic (exact) mass is 329 g/mol. The van der Waals surface area contributed by atoms with E-state index in [1.807, 2.05) is 0 Å². The van der Waals surface area contributed by atoms with E-state index >= 15 is 0 Å². The number of benzene rings is 1. The van der Waals surface area contributed by atoms with Gasteiger partial charge in [0.15, 0.2) is 5.88 Å². The Hall–Kier alpha value is -2.67. The number of anilines is 1. The smallest absolute Gasteiger partial charge is 0.237 e. The first-order valence-electron chi connectivity index (χ1n) is 6.76. The van der Waals surface area contributed by atoms with E-state index in [2.05, 4.69) is 15.5 Å². The fourth-order valence-electron chi connectivity index (χ4n) is 1.83.